The molecule has 0 fully saturated rings. The second-order valence-electron chi connectivity index (χ2n) is 3.15. The first-order valence-corrected chi connectivity index (χ1v) is 5.05. The first-order valence-electron chi connectivity index (χ1n) is 4.67. The van der Waals surface area contributed by atoms with Crippen molar-refractivity contribution < 1.29 is 9.50 Å². The fourth-order valence-corrected chi connectivity index (χ4v) is 1.55. The fraction of sp³-hybridized carbons (Fsp3) is 0.333. The van der Waals surface area contributed by atoms with Crippen molar-refractivity contribution >= 4 is 11.6 Å². The van der Waals surface area contributed by atoms with Crippen LogP contribution in [-0.4, -0.2) is 5.11 Å². The van der Waals surface area contributed by atoms with Gasteiger partial charge in [-0.05, 0) is 31.0 Å². The minimum absolute atomic E-state index is 0.256. The van der Waals surface area contributed by atoms with Crippen LogP contribution in [0.1, 0.15) is 31.4 Å². The molecule has 15 heavy (non-hydrogen) atoms. The van der Waals surface area contributed by atoms with Gasteiger partial charge in [-0.2, -0.15) is 0 Å². The molecule has 0 aliphatic carbocycles. The van der Waals surface area contributed by atoms with E-state index in [1.165, 1.54) is 18.2 Å². The Hall–Kier alpha value is -1.04. The summed E-state index contributed by atoms with van der Waals surface area (Å²) in [5, 5.41) is 10.0. The van der Waals surface area contributed by atoms with Crippen molar-refractivity contribution in [3.63, 3.8) is 0 Å². The molecule has 0 aliphatic heterocycles. The predicted molar refractivity (Wildman–Crippen MR) is 59.1 cm³/mol. The minimum atomic E-state index is -0.682. The van der Waals surface area contributed by atoms with E-state index in [4.69, 9.17) is 11.6 Å². The van der Waals surface area contributed by atoms with Crippen LogP contribution in [0, 0.1) is 17.7 Å². The van der Waals surface area contributed by atoms with E-state index in [0.29, 0.717) is 18.4 Å². The molecule has 3 heteroatoms. The Balaban J connectivity index is 2.71. The van der Waals surface area contributed by atoms with Crippen LogP contribution in [0.25, 0.3) is 0 Å². The molecule has 1 N–H and O–H groups in total. The van der Waals surface area contributed by atoms with Crippen molar-refractivity contribution in [3.8, 4) is 11.8 Å². The maximum atomic E-state index is 12.7. The fourth-order valence-electron chi connectivity index (χ4n) is 1.26. The number of hydrogen-bond acceptors (Lipinski definition) is 1. The third kappa shape index (κ3) is 3.54. The van der Waals surface area contributed by atoms with Crippen LogP contribution in [0.15, 0.2) is 18.2 Å². The highest BCUT2D eigenvalue weighted by atomic mass is 35.5. The smallest absolute Gasteiger partial charge is 0.124 e. The quantitative estimate of drug-likeness (QED) is 0.784. The normalized spacial score (nSPS) is 11.7. The molecule has 0 bridgehead atoms. The van der Waals surface area contributed by atoms with Crippen LogP contribution in [0.2, 0.25) is 5.02 Å². The van der Waals surface area contributed by atoms with Crippen molar-refractivity contribution in [1.82, 2.24) is 0 Å². The maximum absolute atomic E-state index is 12.7. The number of aliphatic hydroxyl groups excluding tert-OH is 1. The SMILES string of the molecule is CC#CCCC(O)c1ccc(F)cc1Cl. The van der Waals surface area contributed by atoms with Gasteiger partial charge in [0.1, 0.15) is 5.82 Å². The molecule has 0 spiro atoms. The van der Waals surface area contributed by atoms with Crippen LogP contribution in [-0.2, 0) is 0 Å². The second kappa shape index (κ2) is 5.75. The number of rotatable bonds is 3. The van der Waals surface area contributed by atoms with Crippen molar-refractivity contribution in [2.24, 2.45) is 0 Å². The van der Waals surface area contributed by atoms with Gasteiger partial charge >= 0.3 is 0 Å². The molecule has 0 aliphatic rings. The zero-order valence-electron chi connectivity index (χ0n) is 8.43. The number of hydrogen-bond donors (Lipinski definition) is 1. The van der Waals surface area contributed by atoms with E-state index >= 15 is 0 Å². The lowest BCUT2D eigenvalue weighted by molar-refractivity contribution is 0.169. The Bertz CT molecular complexity index is 392. The molecule has 0 amide bonds. The second-order valence-corrected chi connectivity index (χ2v) is 3.55. The van der Waals surface area contributed by atoms with Crippen molar-refractivity contribution in [1.29, 1.82) is 0 Å². The predicted octanol–water partition coefficient (Wildman–Crippen LogP) is 3.32. The van der Waals surface area contributed by atoms with E-state index in [1.54, 1.807) is 6.92 Å². The number of halogens is 2. The maximum Gasteiger partial charge on any atom is 0.124 e. The molecule has 0 radical (unpaired) electrons. The van der Waals surface area contributed by atoms with E-state index in [9.17, 15) is 9.50 Å². The van der Waals surface area contributed by atoms with Gasteiger partial charge in [-0.15, -0.1) is 11.8 Å². The lowest BCUT2D eigenvalue weighted by Gasteiger charge is -2.10. The van der Waals surface area contributed by atoms with E-state index in [-0.39, 0.29) is 5.02 Å². The lowest BCUT2D eigenvalue weighted by Crippen LogP contribution is -1.98. The van der Waals surface area contributed by atoms with E-state index in [1.807, 2.05) is 0 Å². The summed E-state index contributed by atoms with van der Waals surface area (Å²) in [6.07, 6.45) is 0.427. The third-order valence-electron chi connectivity index (χ3n) is 2.04. The average molecular weight is 227 g/mol. The monoisotopic (exact) mass is 226 g/mol. The van der Waals surface area contributed by atoms with E-state index in [2.05, 4.69) is 11.8 Å². The number of aliphatic hydroxyl groups is 1. The third-order valence-corrected chi connectivity index (χ3v) is 2.37. The molecule has 0 heterocycles. The summed E-state index contributed by atoms with van der Waals surface area (Å²) in [5.41, 5.74) is 0.552. The molecule has 0 saturated heterocycles. The molecular weight excluding hydrogens is 215 g/mol. The molecule has 80 valence electrons. The zero-order valence-corrected chi connectivity index (χ0v) is 9.18. The van der Waals surface area contributed by atoms with Crippen molar-refractivity contribution in [2.45, 2.75) is 25.9 Å². The molecule has 1 aromatic rings. The largest absolute Gasteiger partial charge is 0.388 e. The van der Waals surface area contributed by atoms with E-state index in [0.717, 1.165) is 0 Å². The van der Waals surface area contributed by atoms with Gasteiger partial charge in [0.05, 0.1) is 6.10 Å². The van der Waals surface area contributed by atoms with Crippen LogP contribution >= 0.6 is 11.6 Å². The molecule has 0 saturated carbocycles. The average Bonchev–Trinajstić information content (AvgIpc) is 2.17. The summed E-state index contributed by atoms with van der Waals surface area (Å²) in [5.74, 6) is 5.20. The molecule has 1 rings (SSSR count). The lowest BCUT2D eigenvalue weighted by atomic mass is 10.1. The summed E-state index contributed by atoms with van der Waals surface area (Å²) in [6.45, 7) is 1.75. The zero-order chi connectivity index (χ0) is 11.3. The van der Waals surface area contributed by atoms with Crippen LogP contribution in [0.3, 0.4) is 0 Å². The standard InChI is InChI=1S/C12H12ClFO/c1-2-3-4-5-12(15)10-7-6-9(14)8-11(10)13/h6-8,12,15H,4-5H2,1H3. The van der Waals surface area contributed by atoms with Gasteiger partial charge in [-0.1, -0.05) is 17.7 Å². The van der Waals surface area contributed by atoms with Gasteiger partial charge in [0.2, 0.25) is 0 Å². The topological polar surface area (TPSA) is 20.2 Å². The van der Waals surface area contributed by atoms with Gasteiger partial charge in [0.15, 0.2) is 0 Å². The van der Waals surface area contributed by atoms with Gasteiger partial charge in [-0.25, -0.2) is 4.39 Å². The minimum Gasteiger partial charge on any atom is -0.388 e. The molecule has 1 nitrogen and oxygen atoms in total. The van der Waals surface area contributed by atoms with Crippen molar-refractivity contribution in [2.75, 3.05) is 0 Å². The highest BCUT2D eigenvalue weighted by Crippen LogP contribution is 2.26. The van der Waals surface area contributed by atoms with Gasteiger partial charge in [-0.3, -0.25) is 0 Å². The summed E-state index contributed by atoms with van der Waals surface area (Å²) in [7, 11) is 0. The first-order chi connectivity index (χ1) is 7.15. The van der Waals surface area contributed by atoms with Crippen LogP contribution in [0.4, 0.5) is 4.39 Å². The van der Waals surface area contributed by atoms with Crippen molar-refractivity contribution in [3.05, 3.63) is 34.6 Å². The molecular formula is C12H12ClFO. The Morgan fingerprint density at radius 1 is 1.53 bits per heavy atom. The Morgan fingerprint density at radius 2 is 2.27 bits per heavy atom. The van der Waals surface area contributed by atoms with Crippen LogP contribution < -0.4 is 0 Å². The Kier molecular flexibility index (Phi) is 4.61. The summed E-state index contributed by atoms with van der Waals surface area (Å²) < 4.78 is 12.7. The van der Waals surface area contributed by atoms with Gasteiger partial charge in [0.25, 0.3) is 0 Å². The summed E-state index contributed by atoms with van der Waals surface area (Å²) >= 11 is 5.80. The highest BCUT2D eigenvalue weighted by molar-refractivity contribution is 6.31. The Labute approximate surface area is 93.9 Å². The molecule has 1 aromatic carbocycles. The van der Waals surface area contributed by atoms with Crippen LogP contribution in [0.5, 0.6) is 0 Å². The number of benzene rings is 1. The molecule has 1 unspecified atom stereocenters. The molecule has 0 aromatic heterocycles. The van der Waals surface area contributed by atoms with Gasteiger partial charge in [0, 0.05) is 11.4 Å². The summed E-state index contributed by atoms with van der Waals surface area (Å²) in [6, 6.07) is 3.99. The molecule has 1 atom stereocenters. The van der Waals surface area contributed by atoms with E-state index < -0.39 is 11.9 Å². The Morgan fingerprint density at radius 3 is 2.87 bits per heavy atom. The summed E-state index contributed by atoms with van der Waals surface area (Å²) in [4.78, 5) is 0. The van der Waals surface area contributed by atoms with Gasteiger partial charge < -0.3 is 5.11 Å². The highest BCUT2D eigenvalue weighted by Gasteiger charge is 2.11. The first kappa shape index (κ1) is 12.0.